The Labute approximate surface area is 59.7 Å². The average Bonchev–Trinajstić information content (AvgIpc) is 1.69. The summed E-state index contributed by atoms with van der Waals surface area (Å²) in [5.41, 5.74) is 0. The number of carboxylic acid groups (broad SMARTS) is 1. The molecular formula is C4H16N2O4. The lowest BCUT2D eigenvalue weighted by atomic mass is 10.8. The van der Waals surface area contributed by atoms with Crippen molar-refractivity contribution in [3.8, 4) is 0 Å². The van der Waals surface area contributed by atoms with Crippen molar-refractivity contribution in [2.24, 2.45) is 0 Å². The van der Waals surface area contributed by atoms with Gasteiger partial charge in [-0.25, -0.2) is 0 Å². The highest BCUT2D eigenvalue weighted by Gasteiger charge is 1.66. The fourth-order valence-electron chi connectivity index (χ4n) is 0. The van der Waals surface area contributed by atoms with Crippen LogP contribution in [0.1, 0.15) is 6.92 Å². The second kappa shape index (κ2) is 23.9. The van der Waals surface area contributed by atoms with Crippen LogP contribution in [0.3, 0.4) is 0 Å². The molecule has 0 unspecified atom stereocenters. The molecule has 0 radical (unpaired) electrons. The lowest BCUT2D eigenvalue weighted by Gasteiger charge is -1.86. The quantitative estimate of drug-likeness (QED) is 0.395. The molecule has 0 saturated carbocycles. The van der Waals surface area contributed by atoms with E-state index in [4.69, 9.17) is 20.1 Å². The molecular weight excluding hydrogens is 140 g/mol. The SMILES string of the molecule is CC[O-].O=C([O-])CO.[NH4+].[NH4+]. The maximum absolute atomic E-state index is 9.01. The third-order valence-corrected chi connectivity index (χ3v) is 0.129. The van der Waals surface area contributed by atoms with Crippen molar-refractivity contribution in [2.75, 3.05) is 13.2 Å². The normalized spacial score (nSPS) is 5.50. The van der Waals surface area contributed by atoms with Gasteiger partial charge in [-0.1, -0.05) is 6.92 Å². The first kappa shape index (κ1) is 22.8. The van der Waals surface area contributed by atoms with Gasteiger partial charge in [-0.15, -0.1) is 6.61 Å². The van der Waals surface area contributed by atoms with Gasteiger partial charge in [0.15, 0.2) is 0 Å². The van der Waals surface area contributed by atoms with Crippen molar-refractivity contribution in [1.82, 2.24) is 12.3 Å². The maximum atomic E-state index is 9.01. The van der Waals surface area contributed by atoms with Crippen LogP contribution in [-0.2, 0) is 4.79 Å². The lowest BCUT2D eigenvalue weighted by Crippen LogP contribution is -2.25. The van der Waals surface area contributed by atoms with Crippen LogP contribution < -0.4 is 22.5 Å². The molecule has 10 heavy (non-hydrogen) atoms. The molecule has 0 rings (SSSR count). The summed E-state index contributed by atoms with van der Waals surface area (Å²) in [6.07, 6.45) is 0. The number of quaternary nitrogens is 2. The molecule has 6 nitrogen and oxygen atoms in total. The number of carboxylic acids is 1. The van der Waals surface area contributed by atoms with Crippen molar-refractivity contribution in [3.05, 3.63) is 0 Å². The van der Waals surface area contributed by atoms with Crippen LogP contribution in [0, 0.1) is 0 Å². The van der Waals surface area contributed by atoms with Crippen LogP contribution in [0.15, 0.2) is 0 Å². The number of aliphatic carboxylic acids is 1. The largest absolute Gasteiger partial charge is 0.855 e. The van der Waals surface area contributed by atoms with Crippen LogP contribution in [0.2, 0.25) is 0 Å². The van der Waals surface area contributed by atoms with Gasteiger partial charge in [0, 0.05) is 0 Å². The zero-order chi connectivity index (χ0) is 6.99. The van der Waals surface area contributed by atoms with E-state index < -0.39 is 12.6 Å². The highest BCUT2D eigenvalue weighted by atomic mass is 16.4. The smallest absolute Gasteiger partial charge is 0.0826 e. The van der Waals surface area contributed by atoms with E-state index in [9.17, 15) is 0 Å². The zero-order valence-electron chi connectivity index (χ0n) is 6.59. The molecule has 0 fully saturated rings. The molecule has 0 aromatic heterocycles. The van der Waals surface area contributed by atoms with Gasteiger partial charge in [-0.2, -0.15) is 0 Å². The molecule has 0 aliphatic heterocycles. The minimum absolute atomic E-state index is 0. The molecule has 0 heterocycles. The van der Waals surface area contributed by atoms with Gasteiger partial charge < -0.3 is 32.4 Å². The van der Waals surface area contributed by atoms with Gasteiger partial charge in [0.2, 0.25) is 0 Å². The molecule has 0 amide bonds. The van der Waals surface area contributed by atoms with Crippen LogP contribution >= 0.6 is 0 Å². The van der Waals surface area contributed by atoms with E-state index in [0.717, 1.165) is 0 Å². The van der Waals surface area contributed by atoms with Crippen molar-refractivity contribution < 1.29 is 20.1 Å². The molecule has 0 saturated heterocycles. The van der Waals surface area contributed by atoms with Crippen LogP contribution in [-0.4, -0.2) is 24.3 Å². The molecule has 0 bridgehead atoms. The first-order valence-corrected chi connectivity index (χ1v) is 2.07. The Balaban J connectivity index is -0.0000000326. The fraction of sp³-hybridized carbons (Fsp3) is 0.750. The summed E-state index contributed by atoms with van der Waals surface area (Å²) in [5, 5.41) is 25.4. The first-order chi connectivity index (χ1) is 3.68. The Morgan fingerprint density at radius 2 is 1.60 bits per heavy atom. The van der Waals surface area contributed by atoms with Crippen molar-refractivity contribution >= 4 is 5.97 Å². The molecule has 0 aromatic rings. The van der Waals surface area contributed by atoms with E-state index in [-0.39, 0.29) is 18.9 Å². The Hall–Kier alpha value is -0.690. The van der Waals surface area contributed by atoms with E-state index in [1.807, 2.05) is 0 Å². The Bertz CT molecular complexity index is 59.2. The predicted octanol–water partition coefficient (Wildman–Crippen LogP) is -2.15. The van der Waals surface area contributed by atoms with E-state index in [2.05, 4.69) is 0 Å². The minimum Gasteiger partial charge on any atom is -0.855 e. The van der Waals surface area contributed by atoms with Crippen LogP contribution in [0.25, 0.3) is 0 Å². The van der Waals surface area contributed by atoms with E-state index in [1.54, 1.807) is 6.92 Å². The molecule has 0 aromatic carbocycles. The topological polar surface area (TPSA) is 156 Å². The summed E-state index contributed by atoms with van der Waals surface area (Å²) in [5.74, 6) is -1.44. The van der Waals surface area contributed by atoms with Crippen LogP contribution in [0.4, 0.5) is 0 Å². The monoisotopic (exact) mass is 156 g/mol. The van der Waals surface area contributed by atoms with Crippen molar-refractivity contribution in [2.45, 2.75) is 6.92 Å². The molecule has 66 valence electrons. The van der Waals surface area contributed by atoms with Gasteiger partial charge in [-0.3, -0.25) is 0 Å². The Morgan fingerprint density at radius 3 is 1.60 bits per heavy atom. The molecule has 0 spiro atoms. The molecule has 0 aliphatic carbocycles. The lowest BCUT2D eigenvalue weighted by molar-refractivity contribution is -0.361. The summed E-state index contributed by atoms with van der Waals surface area (Å²) < 4.78 is 0. The van der Waals surface area contributed by atoms with Gasteiger partial charge in [0.25, 0.3) is 0 Å². The second-order valence-electron chi connectivity index (χ2n) is 0.819. The number of aliphatic hydroxyl groups excluding tert-OH is 1. The highest BCUT2D eigenvalue weighted by Crippen LogP contribution is 1.40. The second-order valence-corrected chi connectivity index (χ2v) is 0.819. The summed E-state index contributed by atoms with van der Waals surface area (Å²) in [6, 6.07) is 0. The number of hydrogen-bond acceptors (Lipinski definition) is 4. The van der Waals surface area contributed by atoms with Gasteiger partial charge >= 0.3 is 0 Å². The number of aliphatic hydroxyl groups is 1. The van der Waals surface area contributed by atoms with Crippen molar-refractivity contribution in [3.63, 3.8) is 0 Å². The molecule has 9 N–H and O–H groups in total. The standard InChI is InChI=1S/C2H4O3.C2H5O.2H3N/c3-1-2(4)5;1-2-3;;/h3H,1H2,(H,4,5);2H2,1H3;2*1H3/q;-1;;/p+1. The number of carbonyl (C=O) groups excluding carboxylic acids is 1. The third-order valence-electron chi connectivity index (χ3n) is 0.129. The summed E-state index contributed by atoms with van der Waals surface area (Å²) in [6.45, 7) is 0.681. The molecule has 0 atom stereocenters. The molecule has 6 heteroatoms. The van der Waals surface area contributed by atoms with Crippen molar-refractivity contribution in [1.29, 1.82) is 0 Å². The summed E-state index contributed by atoms with van der Waals surface area (Å²) in [7, 11) is 0. The fourth-order valence-corrected chi connectivity index (χ4v) is 0. The molecule has 0 aliphatic rings. The van der Waals surface area contributed by atoms with E-state index >= 15 is 0 Å². The third kappa shape index (κ3) is 170. The minimum atomic E-state index is -1.44. The zero-order valence-corrected chi connectivity index (χ0v) is 6.59. The van der Waals surface area contributed by atoms with Crippen LogP contribution in [0.5, 0.6) is 0 Å². The van der Waals surface area contributed by atoms with E-state index in [0.29, 0.717) is 0 Å². The highest BCUT2D eigenvalue weighted by molar-refractivity contribution is 5.65. The number of carbonyl (C=O) groups is 1. The maximum Gasteiger partial charge on any atom is 0.0826 e. The van der Waals surface area contributed by atoms with E-state index in [1.165, 1.54) is 0 Å². The predicted molar refractivity (Wildman–Crippen MR) is 34.6 cm³/mol. The summed E-state index contributed by atoms with van der Waals surface area (Å²) >= 11 is 0. The van der Waals surface area contributed by atoms with Gasteiger partial charge in [0.1, 0.15) is 0 Å². The first-order valence-electron chi connectivity index (χ1n) is 2.07. The number of hydrogen-bond donors (Lipinski definition) is 3. The van der Waals surface area contributed by atoms with Gasteiger partial charge in [-0.05, 0) is 0 Å². The summed E-state index contributed by atoms with van der Waals surface area (Å²) in [4.78, 5) is 9.01. The average molecular weight is 156 g/mol. The van der Waals surface area contributed by atoms with Gasteiger partial charge in [0.05, 0.1) is 12.6 Å². The Morgan fingerprint density at radius 1 is 1.50 bits per heavy atom. The number of rotatable bonds is 1. The Kier molecular flexibility index (Phi) is 54.5.